The maximum atomic E-state index is 8.47. The Kier molecular flexibility index (Phi) is 18.2. The first-order valence-corrected chi connectivity index (χ1v) is 13.7. The van der Waals surface area contributed by atoms with Crippen molar-refractivity contribution in [2.45, 2.75) is 47.9 Å². The molecule has 0 aromatic heterocycles. The molecule has 0 atom stereocenters. The van der Waals surface area contributed by atoms with Gasteiger partial charge in [0.25, 0.3) is 0 Å². The van der Waals surface area contributed by atoms with E-state index in [0.29, 0.717) is 0 Å². The molecular formula is C24H32BiN5O3S4-5. The van der Waals surface area contributed by atoms with Gasteiger partial charge < -0.3 is 70.9 Å². The molecule has 0 bridgehead atoms. The summed E-state index contributed by atoms with van der Waals surface area (Å²) in [5, 5.41) is 23.5. The van der Waals surface area contributed by atoms with Gasteiger partial charge in [-0.05, 0) is 62.3 Å². The van der Waals surface area contributed by atoms with E-state index in [1.54, 1.807) is 12.4 Å². The summed E-state index contributed by atoms with van der Waals surface area (Å²) in [7, 11) is 0. The molecule has 2 fully saturated rings. The topological polar surface area (TPSA) is 95.2 Å². The van der Waals surface area contributed by atoms with E-state index in [4.69, 9.17) is 65.8 Å². The minimum atomic E-state index is -1.25. The summed E-state index contributed by atoms with van der Waals surface area (Å²) in [6, 6.07) is 4.15. The van der Waals surface area contributed by atoms with Gasteiger partial charge in [-0.15, -0.1) is 11.4 Å². The summed E-state index contributed by atoms with van der Waals surface area (Å²) in [4.78, 5) is 12.8. The summed E-state index contributed by atoms with van der Waals surface area (Å²) in [5.41, 5.74) is 1.95. The first-order chi connectivity index (χ1) is 17.3. The van der Waals surface area contributed by atoms with Crippen LogP contribution in [0.15, 0.2) is 36.7 Å². The fourth-order valence-corrected chi connectivity index (χ4v) is 4.78. The van der Waals surface area contributed by atoms with Gasteiger partial charge in [0.15, 0.2) is 0 Å². The molecule has 205 valence electrons. The van der Waals surface area contributed by atoms with Crippen LogP contribution < -0.4 is 10.4 Å². The van der Waals surface area contributed by atoms with Gasteiger partial charge in [-0.2, -0.15) is 12.4 Å². The van der Waals surface area contributed by atoms with Crippen molar-refractivity contribution in [1.29, 1.82) is 0 Å². The third-order valence-electron chi connectivity index (χ3n) is 5.72. The zero-order chi connectivity index (χ0) is 26.3. The van der Waals surface area contributed by atoms with E-state index in [1.165, 1.54) is 38.5 Å². The van der Waals surface area contributed by atoms with Crippen LogP contribution in [0.1, 0.15) is 38.5 Å². The molecule has 0 amide bonds. The number of piperidine rings is 2. The largest absolute Gasteiger partial charge is 0.800 e. The van der Waals surface area contributed by atoms with Gasteiger partial charge in [0.05, 0.1) is 0 Å². The maximum absolute atomic E-state index is 8.47. The summed E-state index contributed by atoms with van der Waals surface area (Å²) in [6.07, 6.45) is 19.4. The first kappa shape index (κ1) is 34.5. The Bertz CT molecular complexity index is 922. The monoisotopic (exact) mass is 775 g/mol. The maximum Gasteiger partial charge on any atom is 0.472 e. The van der Waals surface area contributed by atoms with Crippen molar-refractivity contribution in [3.8, 4) is 0 Å². The van der Waals surface area contributed by atoms with Gasteiger partial charge in [0.1, 0.15) is 4.91 Å². The van der Waals surface area contributed by atoms with E-state index in [-0.39, 0.29) is 35.6 Å². The van der Waals surface area contributed by atoms with Crippen LogP contribution in [-0.4, -0.2) is 87.1 Å². The van der Waals surface area contributed by atoms with E-state index < -0.39 is 5.09 Å². The van der Waals surface area contributed by atoms with Gasteiger partial charge in [-0.3, -0.25) is 0 Å². The Morgan fingerprint density at radius 1 is 0.703 bits per heavy atom. The number of likely N-dealkylation sites (tertiary alicyclic amines) is 2. The predicted octanol–water partition coefficient (Wildman–Crippen LogP) is 3.17. The Morgan fingerprint density at radius 2 is 1.03 bits per heavy atom. The first-order valence-electron chi connectivity index (χ1n) is 11.8. The smallest absolute Gasteiger partial charge is 0.472 e. The van der Waals surface area contributed by atoms with Crippen LogP contribution in [-0.2, 0) is 50.5 Å². The van der Waals surface area contributed by atoms with E-state index in [9.17, 15) is 0 Å². The second kappa shape index (κ2) is 19.5. The Balaban J connectivity index is 0.000000264. The molecule has 0 unspecified atom stereocenters. The molecule has 1 aromatic rings. The zero-order valence-corrected chi connectivity index (χ0v) is 27.2. The molecule has 8 nitrogen and oxygen atoms in total. The summed E-state index contributed by atoms with van der Waals surface area (Å²) < 4.78 is -0.129. The number of benzene rings is 1. The molecule has 2 saturated heterocycles. The number of hydrogen-bond acceptors (Lipinski definition) is 7. The average molecular weight is 776 g/mol. The van der Waals surface area contributed by atoms with E-state index in [0.717, 1.165) is 48.0 Å². The fourth-order valence-electron chi connectivity index (χ4n) is 3.94. The van der Waals surface area contributed by atoms with Crippen LogP contribution in [0.5, 0.6) is 0 Å². The molecule has 4 heterocycles. The van der Waals surface area contributed by atoms with Crippen LogP contribution in [0.4, 0.5) is 11.4 Å². The number of allylic oxidation sites excluding steroid dienone is 2. The van der Waals surface area contributed by atoms with Crippen LogP contribution in [0.3, 0.4) is 0 Å². The molecule has 4 aliphatic rings. The van der Waals surface area contributed by atoms with Crippen LogP contribution in [0.2, 0.25) is 0 Å². The van der Waals surface area contributed by atoms with Gasteiger partial charge in [0, 0.05) is 26.2 Å². The van der Waals surface area contributed by atoms with Crippen molar-refractivity contribution in [3.05, 3.63) is 62.7 Å². The second-order valence-corrected chi connectivity index (χ2v) is 10.7. The van der Waals surface area contributed by atoms with Gasteiger partial charge >= 0.3 is 5.09 Å². The predicted molar refractivity (Wildman–Crippen MR) is 160 cm³/mol. The Morgan fingerprint density at radius 3 is 1.30 bits per heavy atom. The fraction of sp³-hybridized carbons (Fsp3) is 0.500. The molecule has 5 rings (SSSR count). The van der Waals surface area contributed by atoms with Crippen molar-refractivity contribution >= 4 is 100 Å². The standard InChI is InChI=1S/C12H8N2.2C6H13NS2.Bi.H2NO3/c1-3-9-5-6-10-4-2-8-14-12(10)11(9)13-7-1;2*8-6(9)7-4-2-1-3-5-7;;2-1(3)4/h1-8H;2*6,8-9H,1-5H2;;(H2,2,3,4)/q-2;;;;+1/p-4. The van der Waals surface area contributed by atoms with Crippen molar-refractivity contribution in [3.63, 3.8) is 0 Å². The molecule has 13 heteroatoms. The Labute approximate surface area is 260 Å². The van der Waals surface area contributed by atoms with Crippen LogP contribution in [0.25, 0.3) is 22.8 Å². The number of nitrogens with zero attached hydrogens (tertiary/aromatic N) is 5. The van der Waals surface area contributed by atoms with Crippen molar-refractivity contribution in [1.82, 2.24) is 9.80 Å². The van der Waals surface area contributed by atoms with Gasteiger partial charge in [0.2, 0.25) is 0 Å². The van der Waals surface area contributed by atoms with Gasteiger partial charge in [-0.25, -0.2) is 19.8 Å². The molecule has 4 aliphatic heterocycles. The number of hydrogen-bond donors (Lipinski definition) is 2. The summed E-state index contributed by atoms with van der Waals surface area (Å²) >= 11 is 19.8. The quantitative estimate of drug-likeness (QED) is 0.267. The number of rotatable bonds is 2. The Hall–Kier alpha value is -0.557. The van der Waals surface area contributed by atoms with Gasteiger partial charge in [-0.1, -0.05) is 49.3 Å². The molecule has 37 heavy (non-hydrogen) atoms. The molecule has 1 aromatic carbocycles. The average Bonchev–Trinajstić information content (AvgIpc) is 2.90. The minimum Gasteiger partial charge on any atom is -0.800 e. The molecule has 0 spiro atoms. The third-order valence-corrected chi connectivity index (χ3v) is 6.91. The van der Waals surface area contributed by atoms with E-state index >= 15 is 0 Å². The second-order valence-electron chi connectivity index (χ2n) is 8.28. The van der Waals surface area contributed by atoms with Crippen LogP contribution >= 0.6 is 0 Å². The number of fused-ring (bicyclic) bond motifs is 3. The molecule has 0 saturated carbocycles. The zero-order valence-electron chi connectivity index (χ0n) is 20.5. The molecule has 3 radical (unpaired) electrons. The molecular weight excluding hydrogens is 744 g/mol. The third kappa shape index (κ3) is 13.4. The van der Waals surface area contributed by atoms with Crippen LogP contribution in [0, 0.1) is 4.91 Å². The van der Waals surface area contributed by atoms with E-state index in [2.05, 4.69) is 44.7 Å². The van der Waals surface area contributed by atoms with Crippen molar-refractivity contribution < 1.29 is 15.5 Å². The van der Waals surface area contributed by atoms with E-state index in [1.807, 2.05) is 12.2 Å². The molecule has 0 aliphatic carbocycles. The van der Waals surface area contributed by atoms with Crippen molar-refractivity contribution in [2.75, 3.05) is 26.2 Å². The summed E-state index contributed by atoms with van der Waals surface area (Å²) in [6.45, 7) is 4.49. The SMILES string of the molecule is C1=C[N-]c2c3c(ccc2=C1)=CC=C[N-]3.O=[N+](O)O.[Bi].[S-]C([S-])N1CCCCC1.[S-]C([S-])N1CCCCC1. The normalized spacial score (nSPS) is 17.7. The van der Waals surface area contributed by atoms with Crippen molar-refractivity contribution in [2.24, 2.45) is 0 Å². The minimum absolute atomic E-state index is 0. The molecule has 2 N–H and O–H groups in total. The summed E-state index contributed by atoms with van der Waals surface area (Å²) in [5.74, 6) is 0.